The molecule has 1 aliphatic heterocycles. The summed E-state index contributed by atoms with van der Waals surface area (Å²) in [6, 6.07) is 7.54. The van der Waals surface area contributed by atoms with Crippen LogP contribution >= 0.6 is 24.0 Å². The molecule has 0 bridgehead atoms. The van der Waals surface area contributed by atoms with Gasteiger partial charge < -0.3 is 19.0 Å². The molecule has 1 fully saturated rings. The average molecular weight is 504 g/mol. The van der Waals surface area contributed by atoms with Crippen LogP contribution in [0.2, 0.25) is 5.02 Å². The van der Waals surface area contributed by atoms with Gasteiger partial charge in [-0.25, -0.2) is 4.79 Å². The summed E-state index contributed by atoms with van der Waals surface area (Å²) in [5.74, 6) is -0.245. The summed E-state index contributed by atoms with van der Waals surface area (Å²) in [5.41, 5.74) is 1.57. The van der Waals surface area contributed by atoms with Crippen molar-refractivity contribution >= 4 is 40.1 Å². The monoisotopic (exact) mass is 503 g/mol. The highest BCUT2D eigenvalue weighted by Crippen LogP contribution is 2.44. The van der Waals surface area contributed by atoms with Crippen molar-refractivity contribution in [2.45, 2.75) is 37.5 Å². The molecule has 0 atom stereocenters. The molecule has 0 saturated carbocycles. The maximum absolute atomic E-state index is 12.9. The Balaban J connectivity index is 0.00000363. The van der Waals surface area contributed by atoms with Gasteiger partial charge in [-0.1, -0.05) is 23.7 Å². The Hall–Kier alpha value is -2.00. The summed E-state index contributed by atoms with van der Waals surface area (Å²) in [6.07, 6.45) is 1.53. The highest BCUT2D eigenvalue weighted by molar-refractivity contribution is 7.87. The van der Waals surface area contributed by atoms with Crippen LogP contribution in [-0.2, 0) is 14.9 Å². The number of hydrogen-bond donors (Lipinski definition) is 1. The minimum Gasteiger partial charge on any atom is -0.492 e. The Morgan fingerprint density at radius 2 is 1.88 bits per heavy atom. The molecule has 0 spiro atoms. The van der Waals surface area contributed by atoms with Crippen LogP contribution in [0.5, 0.6) is 11.5 Å². The van der Waals surface area contributed by atoms with E-state index in [4.69, 9.17) is 25.3 Å². The fourth-order valence-electron chi connectivity index (χ4n) is 3.85. The second-order valence-corrected chi connectivity index (χ2v) is 9.15. The van der Waals surface area contributed by atoms with E-state index >= 15 is 0 Å². The smallest absolute Gasteiger partial charge is 0.340 e. The third-order valence-corrected chi connectivity index (χ3v) is 6.95. The fraction of sp³-hybridized carbons (Fsp3) is 0.409. The number of benzene rings is 2. The number of rotatable bonds is 7. The van der Waals surface area contributed by atoms with Gasteiger partial charge in [0, 0.05) is 5.56 Å². The van der Waals surface area contributed by atoms with E-state index in [1.54, 1.807) is 26.0 Å². The van der Waals surface area contributed by atoms with Crippen molar-refractivity contribution in [2.24, 2.45) is 0 Å². The van der Waals surface area contributed by atoms with Gasteiger partial charge in [-0.05, 0) is 69.5 Å². The van der Waals surface area contributed by atoms with Crippen molar-refractivity contribution in [3.8, 4) is 11.5 Å². The minimum absolute atomic E-state index is 0. The van der Waals surface area contributed by atoms with E-state index in [-0.39, 0.29) is 46.3 Å². The molecule has 0 aliphatic carbocycles. The van der Waals surface area contributed by atoms with Gasteiger partial charge in [0.2, 0.25) is 0 Å². The summed E-state index contributed by atoms with van der Waals surface area (Å²) >= 11 is 6.08. The van der Waals surface area contributed by atoms with Gasteiger partial charge in [0.25, 0.3) is 0 Å². The predicted octanol–water partition coefficient (Wildman–Crippen LogP) is 4.49. The molecule has 0 amide bonds. The number of aryl methyl sites for hydroxylation is 1. The SMILES string of the molecule is CCOC(=O)c1c(C)cc(OS(=O)(=O)c2ccccc2Cl)c(OC)c1C1CCNCC1.Cl. The number of piperidine rings is 1. The van der Waals surface area contributed by atoms with E-state index in [0.29, 0.717) is 16.7 Å². The molecule has 2 aromatic rings. The first-order chi connectivity index (χ1) is 14.8. The molecule has 1 aliphatic rings. The maximum Gasteiger partial charge on any atom is 0.340 e. The first kappa shape index (κ1) is 26.3. The molecular weight excluding hydrogens is 477 g/mol. The number of esters is 1. The van der Waals surface area contributed by atoms with E-state index in [2.05, 4.69) is 5.32 Å². The topological polar surface area (TPSA) is 90.9 Å². The van der Waals surface area contributed by atoms with Crippen LogP contribution in [0.1, 0.15) is 47.2 Å². The number of methoxy groups -OCH3 is 1. The maximum atomic E-state index is 12.9. The van der Waals surface area contributed by atoms with Crippen LogP contribution in [0.3, 0.4) is 0 Å². The molecule has 0 radical (unpaired) electrons. The Bertz CT molecular complexity index is 1070. The summed E-state index contributed by atoms with van der Waals surface area (Å²) in [6.45, 7) is 5.25. The van der Waals surface area contributed by atoms with Gasteiger partial charge in [0.05, 0.1) is 24.3 Å². The van der Waals surface area contributed by atoms with E-state index in [1.165, 1.54) is 25.3 Å². The van der Waals surface area contributed by atoms with Crippen LogP contribution in [-0.4, -0.2) is 41.2 Å². The summed E-state index contributed by atoms with van der Waals surface area (Å²) in [5, 5.41) is 3.35. The van der Waals surface area contributed by atoms with Gasteiger partial charge in [-0.15, -0.1) is 12.4 Å². The highest BCUT2D eigenvalue weighted by atomic mass is 35.5. The third-order valence-electron chi connectivity index (χ3n) is 5.22. The second kappa shape index (κ2) is 11.2. The minimum atomic E-state index is -4.22. The van der Waals surface area contributed by atoms with Crippen LogP contribution < -0.4 is 14.2 Å². The Kier molecular flexibility index (Phi) is 9.21. The standard InChI is InChI=1S/C22H26ClNO6S.ClH/c1-4-29-22(25)19-14(2)13-17(21(28-3)20(19)15-9-11-24-12-10-15)30-31(26,27)18-8-6-5-7-16(18)23;/h5-8,13,15,24H,4,9-12H2,1-3H3;1H. The number of ether oxygens (including phenoxy) is 2. The van der Waals surface area contributed by atoms with Gasteiger partial charge in [0.1, 0.15) is 4.90 Å². The van der Waals surface area contributed by atoms with Gasteiger partial charge >= 0.3 is 16.1 Å². The molecule has 0 aromatic heterocycles. The van der Waals surface area contributed by atoms with Crippen LogP contribution in [0.25, 0.3) is 0 Å². The number of carbonyl (C=O) groups is 1. The molecule has 176 valence electrons. The van der Waals surface area contributed by atoms with Crippen molar-refractivity contribution in [3.05, 3.63) is 52.0 Å². The lowest BCUT2D eigenvalue weighted by Gasteiger charge is -2.28. The van der Waals surface area contributed by atoms with Crippen LogP contribution in [0.15, 0.2) is 35.2 Å². The van der Waals surface area contributed by atoms with E-state index in [9.17, 15) is 13.2 Å². The van der Waals surface area contributed by atoms with Crippen LogP contribution in [0, 0.1) is 6.92 Å². The van der Waals surface area contributed by atoms with Crippen molar-refractivity contribution in [1.82, 2.24) is 5.32 Å². The molecule has 0 unspecified atom stereocenters. The molecule has 10 heteroatoms. The van der Waals surface area contributed by atoms with E-state index in [0.717, 1.165) is 25.9 Å². The molecule has 1 heterocycles. The summed E-state index contributed by atoms with van der Waals surface area (Å²) in [4.78, 5) is 12.6. The first-order valence-corrected chi connectivity index (χ1v) is 11.9. The average Bonchev–Trinajstić information content (AvgIpc) is 2.74. The first-order valence-electron chi connectivity index (χ1n) is 10.1. The number of nitrogens with one attached hydrogen (secondary N) is 1. The Morgan fingerprint density at radius 3 is 2.47 bits per heavy atom. The molecule has 1 N–H and O–H groups in total. The van der Waals surface area contributed by atoms with Gasteiger partial charge in [0.15, 0.2) is 11.5 Å². The fourth-order valence-corrected chi connectivity index (χ4v) is 5.27. The summed E-state index contributed by atoms with van der Waals surface area (Å²) in [7, 11) is -2.79. The molecule has 7 nitrogen and oxygen atoms in total. The Labute approximate surface area is 199 Å². The van der Waals surface area contributed by atoms with Crippen molar-refractivity contribution < 1.29 is 26.9 Å². The lowest BCUT2D eigenvalue weighted by molar-refractivity contribution is 0.0522. The Morgan fingerprint density at radius 1 is 1.22 bits per heavy atom. The van der Waals surface area contributed by atoms with Gasteiger partial charge in [-0.2, -0.15) is 8.42 Å². The van der Waals surface area contributed by atoms with E-state index < -0.39 is 16.1 Å². The summed E-state index contributed by atoms with van der Waals surface area (Å²) < 4.78 is 42.3. The zero-order valence-corrected chi connectivity index (χ0v) is 20.5. The normalized spacial score (nSPS) is 14.4. The quantitative estimate of drug-likeness (QED) is 0.439. The van der Waals surface area contributed by atoms with Crippen molar-refractivity contribution in [2.75, 3.05) is 26.8 Å². The zero-order valence-electron chi connectivity index (χ0n) is 18.1. The van der Waals surface area contributed by atoms with Gasteiger partial charge in [-0.3, -0.25) is 0 Å². The molecule has 32 heavy (non-hydrogen) atoms. The molecule has 1 saturated heterocycles. The number of halogens is 2. The lowest BCUT2D eigenvalue weighted by Crippen LogP contribution is -2.28. The van der Waals surface area contributed by atoms with Crippen molar-refractivity contribution in [1.29, 1.82) is 0 Å². The molecular formula is C22H27Cl2NO6S. The van der Waals surface area contributed by atoms with E-state index in [1.807, 2.05) is 0 Å². The molecule has 2 aromatic carbocycles. The number of carbonyl (C=O) groups excluding carboxylic acids is 1. The lowest BCUT2D eigenvalue weighted by atomic mass is 9.84. The zero-order chi connectivity index (χ0) is 22.6. The number of hydrogen-bond acceptors (Lipinski definition) is 7. The third kappa shape index (κ3) is 5.49. The second-order valence-electron chi connectivity index (χ2n) is 7.23. The van der Waals surface area contributed by atoms with Crippen molar-refractivity contribution in [3.63, 3.8) is 0 Å². The largest absolute Gasteiger partial charge is 0.492 e. The predicted molar refractivity (Wildman–Crippen MR) is 125 cm³/mol. The van der Waals surface area contributed by atoms with Crippen LogP contribution in [0.4, 0.5) is 0 Å². The molecule has 3 rings (SSSR count). The highest BCUT2D eigenvalue weighted by Gasteiger charge is 2.32.